The summed E-state index contributed by atoms with van der Waals surface area (Å²) in [5.41, 5.74) is -3.58. The topological polar surface area (TPSA) is 171 Å². The van der Waals surface area contributed by atoms with Gasteiger partial charge in [0.2, 0.25) is 0 Å². The standard InChI is InChI=1S/C34H41F2N7O7/c1-32(2,3)48-29(44)40-19-10-11-21(14-19)47-24-13-12-22(35)28(36)27(24)23-15-25(41-43(23)31(46)50-34(7,8)9)42(30(45)49-33(4,5)6)26-18-38-20(16-37)17-39-26/h12-13,15,17-19,21H,10-11,14H2,1-9H3,(H,40,44)/t19-,21+/m0/s1. The number of nitrogens with one attached hydrogen (secondary N) is 1. The predicted octanol–water partition coefficient (Wildman–Crippen LogP) is 7.17. The number of amides is 2. The maximum atomic E-state index is 15.9. The Labute approximate surface area is 288 Å². The first-order valence-electron chi connectivity index (χ1n) is 15.9. The van der Waals surface area contributed by atoms with E-state index in [1.54, 1.807) is 62.3 Å². The second-order valence-electron chi connectivity index (χ2n) is 14.6. The molecule has 0 spiro atoms. The van der Waals surface area contributed by atoms with Gasteiger partial charge in [-0.05, 0) is 87.3 Å². The third-order valence-electron chi connectivity index (χ3n) is 6.76. The molecular weight excluding hydrogens is 656 g/mol. The van der Waals surface area contributed by atoms with Gasteiger partial charge in [0.15, 0.2) is 29.0 Å². The number of rotatable bonds is 6. The van der Waals surface area contributed by atoms with Crippen LogP contribution in [-0.2, 0) is 14.2 Å². The molecule has 0 unspecified atom stereocenters. The van der Waals surface area contributed by atoms with Gasteiger partial charge in [0.1, 0.15) is 34.7 Å². The van der Waals surface area contributed by atoms with E-state index in [-0.39, 0.29) is 34.8 Å². The number of carbonyl (C=O) groups is 3. The van der Waals surface area contributed by atoms with Gasteiger partial charge in [-0.3, -0.25) is 0 Å². The van der Waals surface area contributed by atoms with Gasteiger partial charge in [0, 0.05) is 18.5 Å². The third kappa shape index (κ3) is 9.64. The van der Waals surface area contributed by atoms with Crippen molar-refractivity contribution in [2.75, 3.05) is 4.90 Å². The van der Waals surface area contributed by atoms with Gasteiger partial charge >= 0.3 is 18.3 Å². The number of anilines is 2. The zero-order valence-corrected chi connectivity index (χ0v) is 29.5. The van der Waals surface area contributed by atoms with E-state index in [1.165, 1.54) is 6.07 Å². The van der Waals surface area contributed by atoms with Crippen LogP contribution in [0.2, 0.25) is 0 Å². The molecular formula is C34H41F2N7O7. The molecule has 0 aliphatic heterocycles. The Bertz CT molecular complexity index is 1790. The summed E-state index contributed by atoms with van der Waals surface area (Å²) < 4.78 is 54.2. The SMILES string of the molecule is CC(C)(C)OC(=O)N[C@H]1CC[C@@H](Oc2ccc(F)c(F)c2-c2cc(N(C(=O)OC(C)(C)C)c3cnc(C#N)cn3)nn2C(=O)OC(C)(C)C)C1. The summed E-state index contributed by atoms with van der Waals surface area (Å²) in [4.78, 5) is 48.5. The lowest BCUT2D eigenvalue weighted by Gasteiger charge is -2.25. The van der Waals surface area contributed by atoms with Crippen LogP contribution in [0.3, 0.4) is 0 Å². The van der Waals surface area contributed by atoms with Gasteiger partial charge < -0.3 is 24.3 Å². The predicted molar refractivity (Wildman–Crippen MR) is 176 cm³/mol. The minimum Gasteiger partial charge on any atom is -0.490 e. The smallest absolute Gasteiger partial charge is 0.435 e. The Morgan fingerprint density at radius 2 is 1.58 bits per heavy atom. The van der Waals surface area contributed by atoms with Crippen molar-refractivity contribution in [3.05, 3.63) is 47.9 Å². The fraction of sp³-hybridized carbons (Fsp3) is 0.500. The Morgan fingerprint density at radius 1 is 0.920 bits per heavy atom. The Hall–Kier alpha value is -5.33. The number of carbonyl (C=O) groups excluding carboxylic acids is 3. The molecule has 1 aliphatic rings. The lowest BCUT2D eigenvalue weighted by molar-refractivity contribution is 0.0497. The van der Waals surface area contributed by atoms with Crippen molar-refractivity contribution in [2.45, 2.75) is 111 Å². The van der Waals surface area contributed by atoms with Crippen LogP contribution in [0.25, 0.3) is 11.3 Å². The largest absolute Gasteiger partial charge is 0.490 e. The molecule has 14 nitrogen and oxygen atoms in total. The number of hydrogen-bond acceptors (Lipinski definition) is 11. The van der Waals surface area contributed by atoms with Crippen LogP contribution >= 0.6 is 0 Å². The first kappa shape index (κ1) is 37.5. The molecule has 16 heteroatoms. The van der Waals surface area contributed by atoms with Crippen LogP contribution in [0, 0.1) is 23.0 Å². The number of ether oxygens (including phenoxy) is 4. The number of benzene rings is 1. The maximum Gasteiger partial charge on any atom is 0.435 e. The zero-order chi connectivity index (χ0) is 37.2. The average Bonchev–Trinajstić information content (AvgIpc) is 3.60. The first-order chi connectivity index (χ1) is 23.1. The molecule has 1 fully saturated rings. The highest BCUT2D eigenvalue weighted by atomic mass is 19.2. The fourth-order valence-electron chi connectivity index (χ4n) is 4.91. The van der Waals surface area contributed by atoms with Gasteiger partial charge in [-0.2, -0.15) is 9.94 Å². The van der Waals surface area contributed by atoms with E-state index in [9.17, 15) is 24.0 Å². The summed E-state index contributed by atoms with van der Waals surface area (Å²) in [7, 11) is 0. The summed E-state index contributed by atoms with van der Waals surface area (Å²) in [6.45, 7) is 14.9. The summed E-state index contributed by atoms with van der Waals surface area (Å²) in [6, 6.07) is 4.78. The number of aromatic nitrogens is 4. The van der Waals surface area contributed by atoms with Gasteiger partial charge in [0.05, 0.1) is 23.7 Å². The lowest BCUT2D eigenvalue weighted by Crippen LogP contribution is -2.38. The van der Waals surface area contributed by atoms with Crippen molar-refractivity contribution in [3.8, 4) is 23.1 Å². The van der Waals surface area contributed by atoms with Gasteiger partial charge in [-0.1, -0.05) is 0 Å². The second kappa shape index (κ2) is 14.3. The number of hydrogen-bond donors (Lipinski definition) is 1. The molecule has 2 atom stereocenters. The minimum atomic E-state index is -1.36. The molecule has 0 saturated heterocycles. The van der Waals surface area contributed by atoms with Crippen LogP contribution in [0.4, 0.5) is 34.8 Å². The second-order valence-corrected chi connectivity index (χ2v) is 14.6. The molecule has 0 radical (unpaired) electrons. The number of halogens is 2. The highest BCUT2D eigenvalue weighted by Gasteiger charge is 2.35. The fourth-order valence-corrected chi connectivity index (χ4v) is 4.91. The minimum absolute atomic E-state index is 0.0445. The van der Waals surface area contributed by atoms with Crippen LogP contribution < -0.4 is 15.0 Å². The van der Waals surface area contributed by atoms with E-state index < -0.39 is 58.4 Å². The summed E-state index contributed by atoms with van der Waals surface area (Å²) in [6.07, 6.45) is 0.344. The Balaban J connectivity index is 1.81. The van der Waals surface area contributed by atoms with Crippen molar-refractivity contribution < 1.29 is 42.1 Å². The van der Waals surface area contributed by atoms with E-state index in [1.807, 2.05) is 6.07 Å². The van der Waals surface area contributed by atoms with E-state index in [0.29, 0.717) is 23.9 Å². The third-order valence-corrected chi connectivity index (χ3v) is 6.76. The van der Waals surface area contributed by atoms with E-state index in [4.69, 9.17) is 18.9 Å². The van der Waals surface area contributed by atoms with Crippen LogP contribution in [0.5, 0.6) is 5.75 Å². The molecule has 1 aromatic carbocycles. The van der Waals surface area contributed by atoms with Crippen molar-refractivity contribution in [2.24, 2.45) is 0 Å². The first-order valence-corrected chi connectivity index (χ1v) is 15.9. The highest BCUT2D eigenvalue weighted by Crippen LogP contribution is 2.39. The molecule has 4 rings (SSSR count). The molecule has 1 aliphatic carbocycles. The van der Waals surface area contributed by atoms with Crippen molar-refractivity contribution in [1.29, 1.82) is 5.26 Å². The molecule has 2 heterocycles. The van der Waals surface area contributed by atoms with Crippen molar-refractivity contribution >= 4 is 29.9 Å². The Morgan fingerprint density at radius 3 is 2.16 bits per heavy atom. The van der Waals surface area contributed by atoms with Crippen LogP contribution in [0.1, 0.15) is 87.3 Å². The van der Waals surface area contributed by atoms with Crippen LogP contribution in [0.15, 0.2) is 30.6 Å². The molecule has 50 heavy (non-hydrogen) atoms. The molecule has 1 saturated carbocycles. The van der Waals surface area contributed by atoms with Crippen molar-refractivity contribution in [3.63, 3.8) is 0 Å². The maximum absolute atomic E-state index is 15.9. The summed E-state index contributed by atoms with van der Waals surface area (Å²) in [5.74, 6) is -3.18. The van der Waals surface area contributed by atoms with Gasteiger partial charge in [-0.25, -0.2) is 38.0 Å². The summed E-state index contributed by atoms with van der Waals surface area (Å²) in [5, 5.41) is 16.3. The van der Waals surface area contributed by atoms with Gasteiger partial charge in [0.25, 0.3) is 0 Å². The molecule has 1 N–H and O–H groups in total. The molecule has 3 aromatic rings. The summed E-state index contributed by atoms with van der Waals surface area (Å²) >= 11 is 0. The van der Waals surface area contributed by atoms with E-state index in [2.05, 4.69) is 20.4 Å². The van der Waals surface area contributed by atoms with Gasteiger partial charge in [-0.15, -0.1) is 5.10 Å². The number of nitrogens with zero attached hydrogens (tertiary/aromatic N) is 6. The highest BCUT2D eigenvalue weighted by molar-refractivity contribution is 5.95. The monoisotopic (exact) mass is 697 g/mol. The average molecular weight is 698 g/mol. The Kier molecular flexibility index (Phi) is 10.7. The molecule has 2 aromatic heterocycles. The van der Waals surface area contributed by atoms with E-state index >= 15 is 4.39 Å². The number of alkyl carbamates (subject to hydrolysis) is 1. The zero-order valence-electron chi connectivity index (χ0n) is 29.5. The molecule has 0 bridgehead atoms. The van der Waals surface area contributed by atoms with Crippen molar-refractivity contribution in [1.82, 2.24) is 25.1 Å². The quantitative estimate of drug-likeness (QED) is 0.259. The van der Waals surface area contributed by atoms with E-state index in [0.717, 1.165) is 29.4 Å². The molecule has 268 valence electrons. The lowest BCUT2D eigenvalue weighted by atomic mass is 10.1. The number of nitriles is 1. The van der Waals surface area contributed by atoms with Crippen LogP contribution in [-0.4, -0.2) is 67.0 Å². The normalized spacial score (nSPS) is 16.3. The molecule has 2 amide bonds.